The number of hydrogen-bond acceptors (Lipinski definition) is 4. The summed E-state index contributed by atoms with van der Waals surface area (Å²) in [4.78, 5) is 37.3. The highest BCUT2D eigenvalue weighted by Gasteiger charge is 2.72. The summed E-state index contributed by atoms with van der Waals surface area (Å²) < 4.78 is 31.8. The average Bonchev–Trinajstić information content (AvgIpc) is 2.95. The Bertz CT molecular complexity index is 761. The Hall–Kier alpha value is -1.43. The van der Waals surface area contributed by atoms with Crippen molar-refractivity contribution in [2.45, 2.75) is 64.2 Å². The summed E-state index contributed by atoms with van der Waals surface area (Å²) in [5, 5.41) is 9.30. The normalized spacial score (nSPS) is 49.1. The lowest BCUT2D eigenvalue weighted by molar-refractivity contribution is -0.177. The molecule has 0 saturated heterocycles. The first kappa shape index (κ1) is 18.9. The Morgan fingerprint density at radius 2 is 1.96 bits per heavy atom. The van der Waals surface area contributed by atoms with Crippen LogP contribution in [0.2, 0.25) is 0 Å². The number of hydrogen-bond donors (Lipinski definition) is 1. The minimum absolute atomic E-state index is 0.0746. The topological polar surface area (TPSA) is 71.4 Å². The van der Waals surface area contributed by atoms with E-state index in [-0.39, 0.29) is 48.7 Å². The van der Waals surface area contributed by atoms with Gasteiger partial charge in [0.1, 0.15) is 12.8 Å². The zero-order valence-corrected chi connectivity index (χ0v) is 15.8. The van der Waals surface area contributed by atoms with Crippen molar-refractivity contribution in [3.63, 3.8) is 0 Å². The van der Waals surface area contributed by atoms with E-state index in [0.29, 0.717) is 12.8 Å². The van der Waals surface area contributed by atoms with Gasteiger partial charge in [-0.25, -0.2) is 8.78 Å². The van der Waals surface area contributed by atoms with E-state index in [1.165, 1.54) is 6.08 Å². The lowest BCUT2D eigenvalue weighted by Crippen LogP contribution is -2.67. The summed E-state index contributed by atoms with van der Waals surface area (Å²) in [5.74, 6) is -2.67. The van der Waals surface area contributed by atoms with Crippen molar-refractivity contribution in [3.05, 3.63) is 11.6 Å². The van der Waals surface area contributed by atoms with Crippen LogP contribution in [0.1, 0.15) is 52.4 Å². The fraction of sp³-hybridized carbons (Fsp3) is 0.762. The number of carbonyl (C=O) groups is 3. The van der Waals surface area contributed by atoms with Gasteiger partial charge in [0.2, 0.25) is 0 Å². The molecule has 0 unspecified atom stereocenters. The summed E-state index contributed by atoms with van der Waals surface area (Å²) in [7, 11) is 0. The molecule has 4 aliphatic carbocycles. The number of carbonyl (C=O) groups excluding carboxylic acids is 3. The Morgan fingerprint density at radius 1 is 1.26 bits per heavy atom. The van der Waals surface area contributed by atoms with Crippen molar-refractivity contribution in [2.24, 2.45) is 28.6 Å². The second-order valence-corrected chi connectivity index (χ2v) is 9.39. The molecule has 7 atom stereocenters. The van der Waals surface area contributed by atoms with Crippen molar-refractivity contribution in [1.29, 1.82) is 0 Å². The van der Waals surface area contributed by atoms with E-state index >= 15 is 8.78 Å². The predicted octanol–water partition coefficient (Wildman–Crippen LogP) is 2.92. The fourth-order valence-electron chi connectivity index (χ4n) is 6.92. The van der Waals surface area contributed by atoms with Crippen LogP contribution in [0, 0.1) is 28.6 Å². The van der Waals surface area contributed by atoms with Crippen LogP contribution in [0.5, 0.6) is 0 Å². The van der Waals surface area contributed by atoms with Gasteiger partial charge in [0.05, 0.1) is 0 Å². The molecule has 4 nitrogen and oxygen atoms in total. The molecule has 0 aromatic carbocycles. The fourth-order valence-corrected chi connectivity index (χ4v) is 6.92. The molecule has 0 amide bonds. The Balaban J connectivity index is 1.81. The lowest BCUT2D eigenvalue weighted by atomic mass is 9.44. The number of halogens is 2. The number of ketones is 3. The van der Waals surface area contributed by atoms with Gasteiger partial charge < -0.3 is 5.11 Å². The van der Waals surface area contributed by atoms with Crippen LogP contribution in [0.25, 0.3) is 0 Å². The van der Waals surface area contributed by atoms with Crippen LogP contribution in [-0.2, 0) is 14.4 Å². The molecule has 0 aromatic rings. The van der Waals surface area contributed by atoms with Crippen molar-refractivity contribution in [2.75, 3.05) is 6.61 Å². The van der Waals surface area contributed by atoms with Gasteiger partial charge in [-0.3, -0.25) is 14.4 Å². The zero-order valence-electron chi connectivity index (χ0n) is 15.8. The van der Waals surface area contributed by atoms with Crippen LogP contribution in [0.3, 0.4) is 0 Å². The second kappa shape index (κ2) is 5.79. The van der Waals surface area contributed by atoms with E-state index in [4.69, 9.17) is 0 Å². The first-order valence-electron chi connectivity index (χ1n) is 9.84. The van der Waals surface area contributed by atoms with E-state index in [1.54, 1.807) is 6.92 Å². The Morgan fingerprint density at radius 3 is 2.63 bits per heavy atom. The molecule has 0 radical (unpaired) electrons. The monoisotopic (exact) mass is 380 g/mol. The van der Waals surface area contributed by atoms with Gasteiger partial charge in [0.15, 0.2) is 23.0 Å². The summed E-state index contributed by atoms with van der Waals surface area (Å²) >= 11 is 0. The largest absolute Gasteiger partial charge is 0.389 e. The van der Waals surface area contributed by atoms with E-state index in [1.807, 2.05) is 6.92 Å². The van der Waals surface area contributed by atoms with Gasteiger partial charge in [-0.1, -0.05) is 13.8 Å². The molecule has 0 heterocycles. The van der Waals surface area contributed by atoms with E-state index in [2.05, 4.69) is 0 Å². The van der Waals surface area contributed by atoms with Crippen molar-refractivity contribution in [3.8, 4) is 0 Å². The molecule has 27 heavy (non-hydrogen) atoms. The third-order valence-corrected chi connectivity index (χ3v) is 8.32. The van der Waals surface area contributed by atoms with Gasteiger partial charge in [-0.05, 0) is 48.7 Å². The van der Waals surface area contributed by atoms with E-state index in [0.717, 1.165) is 0 Å². The molecular weight excluding hydrogens is 354 g/mol. The average molecular weight is 380 g/mol. The first-order chi connectivity index (χ1) is 12.6. The molecule has 3 saturated carbocycles. The number of allylic oxidation sites excluding steroid dienone is 1. The van der Waals surface area contributed by atoms with Crippen molar-refractivity contribution < 1.29 is 28.3 Å². The highest BCUT2D eigenvalue weighted by Crippen LogP contribution is 2.68. The first-order valence-corrected chi connectivity index (χ1v) is 9.84. The number of Topliss-reactive ketones (excluding diaryl/α,β-unsaturated/α-hetero) is 2. The number of rotatable bonds is 2. The van der Waals surface area contributed by atoms with Gasteiger partial charge in [-0.2, -0.15) is 0 Å². The van der Waals surface area contributed by atoms with Crippen LogP contribution in [0.4, 0.5) is 8.78 Å². The maximum Gasteiger partial charge on any atom is 0.181 e. The van der Waals surface area contributed by atoms with Gasteiger partial charge in [0.25, 0.3) is 0 Å². The predicted molar refractivity (Wildman–Crippen MR) is 93.3 cm³/mol. The summed E-state index contributed by atoms with van der Waals surface area (Å²) in [6.07, 6.45) is 0.875. The highest BCUT2D eigenvalue weighted by molar-refractivity contribution is 5.96. The highest BCUT2D eigenvalue weighted by atomic mass is 19.1. The summed E-state index contributed by atoms with van der Waals surface area (Å²) in [5.41, 5.74) is -4.11. The van der Waals surface area contributed by atoms with Gasteiger partial charge in [0, 0.05) is 30.1 Å². The minimum Gasteiger partial charge on any atom is -0.389 e. The quantitative estimate of drug-likeness (QED) is 0.800. The Labute approximate surface area is 157 Å². The van der Waals surface area contributed by atoms with Crippen LogP contribution in [-0.4, -0.2) is 40.9 Å². The third kappa shape index (κ3) is 2.19. The molecule has 3 fully saturated rings. The van der Waals surface area contributed by atoms with Crippen LogP contribution < -0.4 is 0 Å². The molecule has 1 N–H and O–H groups in total. The Kier molecular flexibility index (Phi) is 4.05. The van der Waals surface area contributed by atoms with Crippen molar-refractivity contribution >= 4 is 17.3 Å². The number of aliphatic hydroxyl groups excluding tert-OH is 1. The molecule has 0 aromatic heterocycles. The summed E-state index contributed by atoms with van der Waals surface area (Å²) in [6.45, 7) is 2.83. The molecule has 0 bridgehead atoms. The summed E-state index contributed by atoms with van der Waals surface area (Å²) in [6, 6.07) is 0. The van der Waals surface area contributed by atoms with Crippen LogP contribution >= 0.6 is 0 Å². The molecule has 4 rings (SSSR count). The van der Waals surface area contributed by atoms with Crippen LogP contribution in [0.15, 0.2) is 11.6 Å². The minimum atomic E-state index is -2.20. The second-order valence-electron chi connectivity index (χ2n) is 9.39. The third-order valence-electron chi connectivity index (χ3n) is 8.32. The molecule has 0 spiro atoms. The van der Waals surface area contributed by atoms with Gasteiger partial charge >= 0.3 is 0 Å². The van der Waals surface area contributed by atoms with E-state index in [9.17, 15) is 19.5 Å². The molecule has 148 valence electrons. The maximum atomic E-state index is 16.6. The standard InChI is InChI=1S/C21H26F2O4/c1-19-9-18(27)21(23)14(12(19)3-4-13(19)17(26)10-24)8-16(22)15-7-11(25)5-6-20(15,21)2/h7,12-14,16,24H,3-6,8-10H2,1-2H3/t12-,13+,14-,16-,19-,20-,21-/m0/s1. The molecule has 4 aliphatic rings. The maximum absolute atomic E-state index is 16.6. The molecular formula is C21H26F2O4. The smallest absolute Gasteiger partial charge is 0.181 e. The lowest BCUT2D eigenvalue weighted by Gasteiger charge is -2.60. The van der Waals surface area contributed by atoms with Gasteiger partial charge in [-0.15, -0.1) is 0 Å². The van der Waals surface area contributed by atoms with E-state index < -0.39 is 46.9 Å². The number of alkyl halides is 2. The zero-order chi connectivity index (χ0) is 19.8. The van der Waals surface area contributed by atoms with Crippen molar-refractivity contribution in [1.82, 2.24) is 0 Å². The SMILES string of the molecule is C[C@]12CC(=O)[C@@]3(F)[C@@H](C[C@H](F)C4=CC(=O)CC[C@@]43C)[C@@H]1CC[C@@H]2C(=O)CO. The number of fused-ring (bicyclic) bond motifs is 5. The number of aliphatic hydroxyl groups is 1. The molecule has 0 aliphatic heterocycles. The molecule has 6 heteroatoms.